The van der Waals surface area contributed by atoms with Crippen molar-refractivity contribution in [3.05, 3.63) is 54.6 Å². The molecule has 0 amide bonds. The highest BCUT2D eigenvalue weighted by atomic mass is 16.5. The summed E-state index contributed by atoms with van der Waals surface area (Å²) < 4.78 is 10.1. The molecule has 1 rings (SSSR count). The molecule has 0 heterocycles. The smallest absolute Gasteiger partial charge is 0.330 e. The number of hydrogen-bond acceptors (Lipinski definition) is 5. The van der Waals surface area contributed by atoms with Crippen LogP contribution in [0.2, 0.25) is 0 Å². The van der Waals surface area contributed by atoms with Gasteiger partial charge in [-0.1, -0.05) is 37.8 Å². The Kier molecular flexibility index (Phi) is 8.72. The number of hydrogen-bond donors (Lipinski definition) is 2. The highest BCUT2D eigenvalue weighted by Gasteiger charge is 2.15. The fourth-order valence-electron chi connectivity index (χ4n) is 1.95. The summed E-state index contributed by atoms with van der Waals surface area (Å²) in [7, 11) is 0. The summed E-state index contributed by atoms with van der Waals surface area (Å²) in [5, 5.41) is 19.0. The molecular weight excluding hydrogens is 296 g/mol. The van der Waals surface area contributed by atoms with Crippen LogP contribution in [0.25, 0.3) is 0 Å². The highest BCUT2D eigenvalue weighted by Crippen LogP contribution is 2.26. The van der Waals surface area contributed by atoms with Gasteiger partial charge in [0.15, 0.2) is 0 Å². The van der Waals surface area contributed by atoms with E-state index >= 15 is 0 Å². The fraction of sp³-hybridized carbons (Fsp3) is 0.389. The van der Waals surface area contributed by atoms with E-state index < -0.39 is 12.1 Å². The zero-order valence-electron chi connectivity index (χ0n) is 13.4. The molecule has 0 aliphatic heterocycles. The molecule has 0 saturated carbocycles. The molecule has 0 unspecified atom stereocenters. The minimum absolute atomic E-state index is 0.0387. The van der Waals surface area contributed by atoms with Crippen LogP contribution in [0.15, 0.2) is 49.1 Å². The van der Waals surface area contributed by atoms with Gasteiger partial charge in [0, 0.05) is 6.08 Å². The van der Waals surface area contributed by atoms with Gasteiger partial charge < -0.3 is 19.7 Å². The molecule has 0 fully saturated rings. The maximum absolute atomic E-state index is 11.3. The molecule has 0 spiro atoms. The van der Waals surface area contributed by atoms with E-state index in [-0.39, 0.29) is 25.7 Å². The number of esters is 1. The van der Waals surface area contributed by atoms with E-state index in [9.17, 15) is 9.90 Å². The minimum atomic E-state index is -0.643. The van der Waals surface area contributed by atoms with E-state index in [0.717, 1.165) is 5.56 Å². The van der Waals surface area contributed by atoms with E-state index in [1.807, 2.05) is 6.92 Å². The summed E-state index contributed by atoms with van der Waals surface area (Å²) in [6, 6.07) is 7.08. The molecule has 2 N–H and O–H groups in total. The van der Waals surface area contributed by atoms with Gasteiger partial charge in [-0.15, -0.1) is 0 Å². The second-order valence-corrected chi connectivity index (χ2v) is 5.12. The number of carbonyl (C=O) groups excluding carboxylic acids is 1. The maximum Gasteiger partial charge on any atom is 0.330 e. The quantitative estimate of drug-likeness (QED) is 0.393. The van der Waals surface area contributed by atoms with Crippen LogP contribution < -0.4 is 4.74 Å². The zero-order valence-corrected chi connectivity index (χ0v) is 13.4. The lowest BCUT2D eigenvalue weighted by atomic mass is 9.94. The van der Waals surface area contributed by atoms with Crippen molar-refractivity contribution in [1.82, 2.24) is 0 Å². The first kappa shape index (κ1) is 18.9. The number of carbonyl (C=O) groups is 1. The van der Waals surface area contributed by atoms with E-state index in [0.29, 0.717) is 12.2 Å². The summed E-state index contributed by atoms with van der Waals surface area (Å²) in [4.78, 5) is 11.3. The van der Waals surface area contributed by atoms with Gasteiger partial charge >= 0.3 is 5.97 Å². The third kappa shape index (κ3) is 7.13. The number of rotatable bonds is 10. The summed E-state index contributed by atoms with van der Waals surface area (Å²) in [6.07, 6.45) is 4.46. The normalized spacial score (nSPS) is 13.5. The van der Waals surface area contributed by atoms with Gasteiger partial charge in [-0.05, 0) is 30.0 Å². The number of allylic oxidation sites excluding steroid dienone is 1. The Labute approximate surface area is 136 Å². The number of ether oxygens (including phenoxy) is 2. The van der Waals surface area contributed by atoms with Gasteiger partial charge in [-0.2, -0.15) is 0 Å². The van der Waals surface area contributed by atoms with Crippen LogP contribution in [-0.4, -0.2) is 36.0 Å². The summed E-state index contributed by atoms with van der Waals surface area (Å²) in [5.74, 6) is 0.173. The first-order valence-electron chi connectivity index (χ1n) is 7.54. The summed E-state index contributed by atoms with van der Waals surface area (Å²) >= 11 is 0. The molecule has 5 heteroatoms. The molecule has 0 bridgehead atoms. The van der Waals surface area contributed by atoms with Crippen molar-refractivity contribution in [2.45, 2.75) is 19.4 Å². The van der Waals surface area contributed by atoms with Gasteiger partial charge in [0.25, 0.3) is 0 Å². The Hall–Kier alpha value is -2.11. The Bertz CT molecular complexity index is 507. The van der Waals surface area contributed by atoms with Crippen LogP contribution in [0, 0.1) is 5.92 Å². The minimum Gasteiger partial charge on any atom is -0.491 e. The standard InChI is InChI=1S/C18H24O5/c1-3-12-23-17(20)6-4-5-14(2)18(21)15-7-9-16(10-8-15)22-13-11-19/h3-4,6-10,14,18-19,21H,1,5,11-13H2,2H3/b6-4+/t14-,18+/m1/s1. The first-order chi connectivity index (χ1) is 11.1. The van der Waals surface area contributed by atoms with Crippen LogP contribution in [0.5, 0.6) is 5.75 Å². The van der Waals surface area contributed by atoms with Gasteiger partial charge in [-0.25, -0.2) is 4.79 Å². The number of benzene rings is 1. The molecule has 0 saturated heterocycles. The third-order valence-corrected chi connectivity index (χ3v) is 3.23. The van der Waals surface area contributed by atoms with Crippen molar-refractivity contribution in [2.24, 2.45) is 5.92 Å². The number of aliphatic hydroxyl groups is 2. The van der Waals surface area contributed by atoms with Crippen molar-refractivity contribution >= 4 is 5.97 Å². The molecule has 0 aliphatic carbocycles. The van der Waals surface area contributed by atoms with Crippen molar-refractivity contribution in [3.8, 4) is 5.75 Å². The summed E-state index contributed by atoms with van der Waals surface area (Å²) in [6.45, 7) is 5.76. The lowest BCUT2D eigenvalue weighted by Gasteiger charge is -2.18. The Morgan fingerprint density at radius 1 is 1.35 bits per heavy atom. The average molecular weight is 320 g/mol. The summed E-state index contributed by atoms with van der Waals surface area (Å²) in [5.41, 5.74) is 0.775. The predicted octanol–water partition coefficient (Wildman–Crippen LogP) is 2.40. The van der Waals surface area contributed by atoms with Gasteiger partial charge in [-0.3, -0.25) is 0 Å². The van der Waals surface area contributed by atoms with E-state index in [4.69, 9.17) is 14.6 Å². The lowest BCUT2D eigenvalue weighted by molar-refractivity contribution is -0.136. The van der Waals surface area contributed by atoms with Crippen molar-refractivity contribution in [2.75, 3.05) is 19.8 Å². The zero-order chi connectivity index (χ0) is 17.1. The molecule has 0 aliphatic rings. The molecule has 1 aromatic rings. The lowest BCUT2D eigenvalue weighted by Crippen LogP contribution is -2.09. The second-order valence-electron chi connectivity index (χ2n) is 5.12. The third-order valence-electron chi connectivity index (χ3n) is 3.23. The SMILES string of the molecule is C=CCOC(=O)/C=C/C[C@@H](C)[C@H](O)c1ccc(OCCO)cc1. The van der Waals surface area contributed by atoms with Crippen LogP contribution in [0.3, 0.4) is 0 Å². The average Bonchev–Trinajstić information content (AvgIpc) is 2.57. The van der Waals surface area contributed by atoms with Crippen LogP contribution in [0.1, 0.15) is 25.0 Å². The van der Waals surface area contributed by atoms with Crippen LogP contribution in [-0.2, 0) is 9.53 Å². The molecule has 126 valence electrons. The fourth-order valence-corrected chi connectivity index (χ4v) is 1.95. The Morgan fingerprint density at radius 3 is 2.65 bits per heavy atom. The van der Waals surface area contributed by atoms with Crippen LogP contribution in [0.4, 0.5) is 0 Å². The molecule has 5 nitrogen and oxygen atoms in total. The second kappa shape index (κ2) is 10.6. The van der Waals surface area contributed by atoms with Gasteiger partial charge in [0.1, 0.15) is 19.0 Å². The molecule has 23 heavy (non-hydrogen) atoms. The Morgan fingerprint density at radius 2 is 2.04 bits per heavy atom. The molecule has 2 atom stereocenters. The van der Waals surface area contributed by atoms with Gasteiger partial charge in [0.2, 0.25) is 0 Å². The largest absolute Gasteiger partial charge is 0.491 e. The predicted molar refractivity (Wildman–Crippen MR) is 88.1 cm³/mol. The first-order valence-corrected chi connectivity index (χ1v) is 7.54. The van der Waals surface area contributed by atoms with Crippen molar-refractivity contribution in [3.63, 3.8) is 0 Å². The van der Waals surface area contributed by atoms with E-state index in [1.165, 1.54) is 12.2 Å². The Balaban J connectivity index is 2.49. The van der Waals surface area contributed by atoms with E-state index in [2.05, 4.69) is 6.58 Å². The highest BCUT2D eigenvalue weighted by molar-refractivity contribution is 5.81. The molecule has 0 aromatic heterocycles. The molecular formula is C18H24O5. The number of aliphatic hydroxyl groups excluding tert-OH is 2. The monoisotopic (exact) mass is 320 g/mol. The van der Waals surface area contributed by atoms with Crippen molar-refractivity contribution < 1.29 is 24.5 Å². The topological polar surface area (TPSA) is 76.0 Å². The van der Waals surface area contributed by atoms with Gasteiger partial charge in [0.05, 0.1) is 12.7 Å². The molecule has 0 radical (unpaired) electrons. The van der Waals surface area contributed by atoms with E-state index in [1.54, 1.807) is 30.3 Å². The van der Waals surface area contributed by atoms with Crippen molar-refractivity contribution in [1.29, 1.82) is 0 Å². The maximum atomic E-state index is 11.3. The van der Waals surface area contributed by atoms with Crippen LogP contribution >= 0.6 is 0 Å². The molecule has 1 aromatic carbocycles.